The van der Waals surface area contributed by atoms with Crippen LogP contribution in [0.15, 0.2) is 24.3 Å². The summed E-state index contributed by atoms with van der Waals surface area (Å²) in [6.45, 7) is 6.14. The SMILES string of the molecule is CCCc1nc(COc2ccc(C)cc2)sc1C(C)=O. The van der Waals surface area contributed by atoms with Crippen molar-refractivity contribution < 1.29 is 9.53 Å². The number of benzene rings is 1. The number of hydrogen-bond donors (Lipinski definition) is 0. The van der Waals surface area contributed by atoms with Crippen LogP contribution in [0.4, 0.5) is 0 Å². The Bertz CT molecular complexity index is 587. The van der Waals surface area contributed by atoms with Gasteiger partial charge in [-0.05, 0) is 25.5 Å². The number of carbonyl (C=O) groups excluding carboxylic acids is 1. The molecular weight excluding hydrogens is 270 g/mol. The van der Waals surface area contributed by atoms with Crippen LogP contribution in [0.5, 0.6) is 5.75 Å². The van der Waals surface area contributed by atoms with Gasteiger partial charge in [-0.1, -0.05) is 31.0 Å². The second-order valence-electron chi connectivity index (χ2n) is 4.79. The molecule has 0 fully saturated rings. The second-order valence-corrected chi connectivity index (χ2v) is 5.87. The molecule has 1 heterocycles. The van der Waals surface area contributed by atoms with Crippen LogP contribution in [-0.4, -0.2) is 10.8 Å². The fourth-order valence-corrected chi connectivity index (χ4v) is 2.84. The summed E-state index contributed by atoms with van der Waals surface area (Å²) in [5.74, 6) is 0.916. The third-order valence-electron chi connectivity index (χ3n) is 2.93. The van der Waals surface area contributed by atoms with Crippen molar-refractivity contribution in [1.82, 2.24) is 4.98 Å². The number of aryl methyl sites for hydroxylation is 2. The van der Waals surface area contributed by atoms with E-state index < -0.39 is 0 Å². The molecule has 4 heteroatoms. The van der Waals surface area contributed by atoms with Crippen molar-refractivity contribution in [3.63, 3.8) is 0 Å². The number of nitrogens with zero attached hydrogens (tertiary/aromatic N) is 1. The molecule has 0 bridgehead atoms. The van der Waals surface area contributed by atoms with Gasteiger partial charge in [0.05, 0.1) is 10.6 Å². The molecule has 0 aliphatic rings. The number of thiazole rings is 1. The third-order valence-corrected chi connectivity index (χ3v) is 4.10. The van der Waals surface area contributed by atoms with Crippen molar-refractivity contribution in [3.05, 3.63) is 45.4 Å². The number of Topliss-reactive ketones (excluding diaryl/α,β-unsaturated/α-hetero) is 1. The van der Waals surface area contributed by atoms with E-state index in [1.165, 1.54) is 16.9 Å². The molecule has 1 aromatic heterocycles. The van der Waals surface area contributed by atoms with Crippen molar-refractivity contribution in [1.29, 1.82) is 0 Å². The average molecular weight is 289 g/mol. The molecule has 0 atom stereocenters. The second kappa shape index (κ2) is 6.66. The minimum atomic E-state index is 0.0903. The number of ether oxygens (including phenoxy) is 1. The van der Waals surface area contributed by atoms with E-state index in [0.29, 0.717) is 6.61 Å². The maximum Gasteiger partial charge on any atom is 0.171 e. The number of aromatic nitrogens is 1. The summed E-state index contributed by atoms with van der Waals surface area (Å²) in [6, 6.07) is 7.92. The molecule has 0 aliphatic heterocycles. The Hall–Kier alpha value is -1.68. The van der Waals surface area contributed by atoms with Crippen molar-refractivity contribution in [2.24, 2.45) is 0 Å². The van der Waals surface area contributed by atoms with Crippen LogP contribution < -0.4 is 4.74 Å². The summed E-state index contributed by atoms with van der Waals surface area (Å²) < 4.78 is 5.71. The first kappa shape index (κ1) is 14.7. The highest BCUT2D eigenvalue weighted by atomic mass is 32.1. The highest BCUT2D eigenvalue weighted by molar-refractivity contribution is 7.13. The van der Waals surface area contributed by atoms with Gasteiger partial charge in [-0.25, -0.2) is 4.98 Å². The Labute approximate surface area is 123 Å². The standard InChI is InChI=1S/C16H19NO2S/c1-4-5-14-16(12(3)18)20-15(17-14)10-19-13-8-6-11(2)7-9-13/h6-9H,4-5,10H2,1-3H3. The van der Waals surface area contributed by atoms with Gasteiger partial charge in [0.25, 0.3) is 0 Å². The summed E-state index contributed by atoms with van der Waals surface area (Å²) in [5, 5.41) is 0.860. The molecule has 0 aliphatic carbocycles. The van der Waals surface area contributed by atoms with Crippen LogP contribution in [0.1, 0.15) is 46.2 Å². The molecule has 0 spiro atoms. The van der Waals surface area contributed by atoms with Crippen LogP contribution in [-0.2, 0) is 13.0 Å². The summed E-state index contributed by atoms with van der Waals surface area (Å²) in [4.78, 5) is 16.9. The summed E-state index contributed by atoms with van der Waals surface area (Å²) in [5.41, 5.74) is 2.11. The molecular formula is C16H19NO2S. The monoisotopic (exact) mass is 289 g/mol. The molecule has 0 amide bonds. The van der Waals surface area contributed by atoms with Crippen molar-refractivity contribution in [2.45, 2.75) is 40.2 Å². The van der Waals surface area contributed by atoms with Gasteiger partial charge in [-0.3, -0.25) is 4.79 Å². The maximum atomic E-state index is 11.6. The summed E-state index contributed by atoms with van der Waals surface area (Å²) >= 11 is 1.44. The van der Waals surface area contributed by atoms with E-state index in [4.69, 9.17) is 4.74 Å². The zero-order valence-corrected chi connectivity index (χ0v) is 12.9. The number of rotatable bonds is 6. The zero-order chi connectivity index (χ0) is 14.5. The van der Waals surface area contributed by atoms with Crippen LogP contribution in [0.3, 0.4) is 0 Å². The molecule has 106 valence electrons. The van der Waals surface area contributed by atoms with E-state index in [1.807, 2.05) is 31.2 Å². The Kier molecular flexibility index (Phi) is 4.90. The molecule has 2 aromatic rings. The van der Waals surface area contributed by atoms with E-state index >= 15 is 0 Å². The first-order valence-corrected chi connectivity index (χ1v) is 7.60. The van der Waals surface area contributed by atoms with E-state index in [9.17, 15) is 4.79 Å². The Morgan fingerprint density at radius 2 is 2.00 bits per heavy atom. The fraction of sp³-hybridized carbons (Fsp3) is 0.375. The highest BCUT2D eigenvalue weighted by Crippen LogP contribution is 2.22. The molecule has 3 nitrogen and oxygen atoms in total. The lowest BCUT2D eigenvalue weighted by Gasteiger charge is -2.03. The minimum Gasteiger partial charge on any atom is -0.486 e. The largest absolute Gasteiger partial charge is 0.486 e. The lowest BCUT2D eigenvalue weighted by molar-refractivity contribution is 0.102. The van der Waals surface area contributed by atoms with Crippen LogP contribution >= 0.6 is 11.3 Å². The van der Waals surface area contributed by atoms with Crippen molar-refractivity contribution in [3.8, 4) is 5.75 Å². The fourth-order valence-electron chi connectivity index (χ4n) is 1.92. The van der Waals surface area contributed by atoms with Crippen molar-refractivity contribution in [2.75, 3.05) is 0 Å². The van der Waals surface area contributed by atoms with Gasteiger partial charge in [0.1, 0.15) is 17.4 Å². The van der Waals surface area contributed by atoms with E-state index in [2.05, 4.69) is 11.9 Å². The number of hydrogen-bond acceptors (Lipinski definition) is 4. The molecule has 0 unspecified atom stereocenters. The lowest BCUT2D eigenvalue weighted by atomic mass is 10.2. The quantitative estimate of drug-likeness (QED) is 0.749. The van der Waals surface area contributed by atoms with Crippen LogP contribution in [0.2, 0.25) is 0 Å². The van der Waals surface area contributed by atoms with E-state index in [1.54, 1.807) is 6.92 Å². The van der Waals surface area contributed by atoms with Crippen LogP contribution in [0.25, 0.3) is 0 Å². The van der Waals surface area contributed by atoms with Gasteiger partial charge in [0.15, 0.2) is 5.78 Å². The molecule has 0 saturated heterocycles. The highest BCUT2D eigenvalue weighted by Gasteiger charge is 2.14. The first-order chi connectivity index (χ1) is 9.60. The van der Waals surface area contributed by atoms with Gasteiger partial charge in [0, 0.05) is 6.92 Å². The average Bonchev–Trinajstić information content (AvgIpc) is 2.82. The predicted octanol–water partition coefficient (Wildman–Crippen LogP) is 4.19. The van der Waals surface area contributed by atoms with Gasteiger partial charge in [-0.15, -0.1) is 11.3 Å². The Morgan fingerprint density at radius 1 is 1.30 bits per heavy atom. The van der Waals surface area contributed by atoms with Crippen molar-refractivity contribution >= 4 is 17.1 Å². The number of ketones is 1. The van der Waals surface area contributed by atoms with E-state index in [-0.39, 0.29) is 5.78 Å². The maximum absolute atomic E-state index is 11.6. The summed E-state index contributed by atoms with van der Waals surface area (Å²) in [6.07, 6.45) is 1.83. The normalized spacial score (nSPS) is 10.6. The smallest absolute Gasteiger partial charge is 0.171 e. The minimum absolute atomic E-state index is 0.0903. The topological polar surface area (TPSA) is 39.2 Å². The molecule has 20 heavy (non-hydrogen) atoms. The van der Waals surface area contributed by atoms with E-state index in [0.717, 1.165) is 34.2 Å². The molecule has 1 aromatic carbocycles. The van der Waals surface area contributed by atoms with Crippen LogP contribution in [0, 0.1) is 6.92 Å². The zero-order valence-electron chi connectivity index (χ0n) is 12.1. The van der Waals surface area contributed by atoms with Gasteiger partial charge in [-0.2, -0.15) is 0 Å². The third kappa shape index (κ3) is 3.67. The summed E-state index contributed by atoms with van der Waals surface area (Å²) in [7, 11) is 0. The first-order valence-electron chi connectivity index (χ1n) is 6.79. The van der Waals surface area contributed by atoms with Gasteiger partial charge >= 0.3 is 0 Å². The lowest BCUT2D eigenvalue weighted by Crippen LogP contribution is -1.96. The predicted molar refractivity (Wildman–Crippen MR) is 81.6 cm³/mol. The van der Waals surface area contributed by atoms with Gasteiger partial charge in [0.2, 0.25) is 0 Å². The molecule has 0 radical (unpaired) electrons. The Morgan fingerprint density at radius 3 is 2.60 bits per heavy atom. The Balaban J connectivity index is 2.07. The van der Waals surface area contributed by atoms with Gasteiger partial charge < -0.3 is 4.74 Å². The molecule has 2 rings (SSSR count). The molecule has 0 N–H and O–H groups in total. The molecule has 0 saturated carbocycles. The number of carbonyl (C=O) groups is 1.